The highest BCUT2D eigenvalue weighted by atomic mass is 32.2. The van der Waals surface area contributed by atoms with Crippen LogP contribution in [0.15, 0.2) is 24.3 Å². The number of aliphatic hydroxyl groups is 5. The Hall–Kier alpha value is -8.33. The second-order valence-electron chi connectivity index (χ2n) is 22.4. The van der Waals surface area contributed by atoms with E-state index in [1.165, 1.54) is 31.2 Å². The number of nitrogens with zero attached hydrogens (tertiary/aromatic N) is 2. The number of carboxylic acid groups (broad SMARTS) is 2. The fourth-order valence-electron chi connectivity index (χ4n) is 9.63. The van der Waals surface area contributed by atoms with Crippen LogP contribution in [0.2, 0.25) is 0 Å². The van der Waals surface area contributed by atoms with E-state index < -0.39 is 212 Å². The molecule has 11 amide bonds. The van der Waals surface area contributed by atoms with Gasteiger partial charge >= 0.3 is 11.9 Å². The van der Waals surface area contributed by atoms with Crippen molar-refractivity contribution >= 4 is 94.6 Å². The van der Waals surface area contributed by atoms with Crippen LogP contribution in [0, 0.1) is 11.3 Å². The van der Waals surface area contributed by atoms with Gasteiger partial charge < -0.3 is 106 Å². The smallest absolute Gasteiger partial charge is 0.327 e. The molecule has 3 rings (SSSR count). The van der Waals surface area contributed by atoms with E-state index in [4.69, 9.17) is 22.6 Å². The van der Waals surface area contributed by atoms with Crippen molar-refractivity contribution in [2.45, 2.75) is 163 Å². The number of nitrogens with two attached hydrogens (primary N) is 3. The van der Waals surface area contributed by atoms with Gasteiger partial charge in [-0.15, -0.1) is 11.8 Å². The number of aliphatic carboxylic acids is 2. The predicted molar refractivity (Wildman–Crippen MR) is 323 cm³/mol. The van der Waals surface area contributed by atoms with Crippen LogP contribution in [0.5, 0.6) is 5.75 Å². The maximum Gasteiger partial charge on any atom is 0.327 e. The van der Waals surface area contributed by atoms with E-state index in [0.29, 0.717) is 6.42 Å². The average Bonchev–Trinajstić information content (AvgIpc) is 1.29. The number of phenolic OH excluding ortho intramolecular Hbond substituents is 1. The van der Waals surface area contributed by atoms with Gasteiger partial charge in [-0.05, 0) is 75.6 Å². The van der Waals surface area contributed by atoms with Gasteiger partial charge in [-0.25, -0.2) is 4.79 Å². The number of β-amino-alcohol motifs (C(OH)–C–C–N with tert-alkyl or cyclic N) is 1. The van der Waals surface area contributed by atoms with Crippen LogP contribution in [0.3, 0.4) is 0 Å². The summed E-state index contributed by atoms with van der Waals surface area (Å²) in [7, 11) is 0. The van der Waals surface area contributed by atoms with Crippen LogP contribution in [0.25, 0.3) is 0 Å². The molecule has 0 spiro atoms. The third-order valence-electron chi connectivity index (χ3n) is 14.6. The SMILES string of the molecule is CC(C)CC(NC(=O)C(CCCNC(=N)N)NC(=O)C(CCC(N)=O)NC(=O)C(Cc1ccc(O)cc1)NC(=O)C(CC(=O)O)NC(=O)C(CO)NC(=O)C(C)NC(=O)CN)C(=O)NC(CSC1CC(=O)N(CCCCN2CC(O)C(O)C(O)C2CO)C1=O)C(=O)O. The number of imide groups is 1. The van der Waals surface area contributed by atoms with Crippen molar-refractivity contribution in [2.75, 3.05) is 51.7 Å². The number of carbonyl (C=O) groups is 13. The molecule has 0 aromatic heterocycles. The summed E-state index contributed by atoms with van der Waals surface area (Å²) in [5, 5.41) is 108. The first-order chi connectivity index (χ1) is 43.3. The number of rotatable bonds is 40. The summed E-state index contributed by atoms with van der Waals surface area (Å²) < 4.78 is 0. The summed E-state index contributed by atoms with van der Waals surface area (Å²) >= 11 is 0.793. The van der Waals surface area contributed by atoms with E-state index in [1.54, 1.807) is 18.7 Å². The minimum Gasteiger partial charge on any atom is -0.508 e. The number of amides is 11. The molecular formula is C55H87N15O21S. The Labute approximate surface area is 532 Å². The molecule has 2 fully saturated rings. The monoisotopic (exact) mass is 1330 g/mol. The minimum atomic E-state index is -2.03. The maximum absolute atomic E-state index is 14.4. The molecule has 24 N–H and O–H groups in total. The topological polar surface area (TPSA) is 600 Å². The zero-order chi connectivity index (χ0) is 69.1. The summed E-state index contributed by atoms with van der Waals surface area (Å²) in [5.74, 6) is -15.5. The van der Waals surface area contributed by atoms with Crippen LogP contribution < -0.4 is 65.1 Å². The molecule has 0 aliphatic carbocycles. The van der Waals surface area contributed by atoms with Crippen molar-refractivity contribution < 1.29 is 103 Å². The molecule has 2 aliphatic heterocycles. The molecule has 2 saturated heterocycles. The molecule has 0 saturated carbocycles. The van der Waals surface area contributed by atoms with Gasteiger partial charge in [-0.1, -0.05) is 26.0 Å². The Morgan fingerprint density at radius 2 is 1.21 bits per heavy atom. The third kappa shape index (κ3) is 25.7. The van der Waals surface area contributed by atoms with E-state index in [1.807, 2.05) is 0 Å². The van der Waals surface area contributed by atoms with Crippen molar-refractivity contribution in [2.24, 2.45) is 23.1 Å². The van der Waals surface area contributed by atoms with Crippen molar-refractivity contribution in [3.8, 4) is 5.75 Å². The Morgan fingerprint density at radius 1 is 0.674 bits per heavy atom. The first-order valence-electron chi connectivity index (χ1n) is 29.5. The van der Waals surface area contributed by atoms with Gasteiger partial charge in [-0.3, -0.25) is 72.7 Å². The molecule has 2 heterocycles. The standard InChI is InChI=1S/C55H87N15O21S/c1-26(2)17-32(49(85)68-36(54(90)91)25-92-39-20-42(77)70(53(39)89)16-5-4-15-69-22-38(74)45(81)44(80)37(69)24-72)64-47(83)30(7-6-14-60-55(58)59)62-48(84)31(12-13-40(57)75)63-50(86)33(18-28-8-10-29(73)11-9-28)65-51(87)34(19-43(78)79)66-52(88)35(23-71)67-46(82)27(3)61-41(76)21-56/h8-11,26-27,30-39,44-45,71-74,80-81H,4-7,12-25,56H2,1-3H3,(H2,57,75)(H,61,76)(H,62,84)(H,63,86)(H,64,83)(H,65,87)(H,66,88)(H,67,82)(H,68,85)(H,78,79)(H,90,91)(H4,58,59,60). The molecule has 37 heteroatoms. The highest BCUT2D eigenvalue weighted by Crippen LogP contribution is 2.27. The number of likely N-dealkylation sites (tertiary alicyclic amines) is 2. The number of guanidine groups is 1. The molecule has 2 aliphatic rings. The Balaban J connectivity index is 1.85. The number of aliphatic hydroxyl groups excluding tert-OH is 5. The molecule has 1 aromatic carbocycles. The van der Waals surface area contributed by atoms with Crippen LogP contribution in [-0.4, -0.2) is 263 Å². The van der Waals surface area contributed by atoms with E-state index >= 15 is 0 Å². The van der Waals surface area contributed by atoms with E-state index in [9.17, 15) is 103 Å². The lowest BCUT2D eigenvalue weighted by atomic mass is 9.94. The number of piperidine rings is 1. The van der Waals surface area contributed by atoms with Crippen molar-refractivity contribution in [1.29, 1.82) is 5.41 Å². The number of phenols is 1. The Bertz CT molecular complexity index is 2770. The number of carboxylic acids is 2. The largest absolute Gasteiger partial charge is 0.508 e. The summed E-state index contributed by atoms with van der Waals surface area (Å²) in [6.45, 7) is 2.60. The van der Waals surface area contributed by atoms with Crippen molar-refractivity contribution in [3.05, 3.63) is 29.8 Å². The summed E-state index contributed by atoms with van der Waals surface area (Å²) in [6.07, 6.45) is -6.95. The van der Waals surface area contributed by atoms with Crippen molar-refractivity contribution in [1.82, 2.24) is 57.7 Å². The average molecular weight is 1330 g/mol. The van der Waals surface area contributed by atoms with Gasteiger partial charge in [0.1, 0.15) is 66.3 Å². The molecule has 0 bridgehead atoms. The quantitative estimate of drug-likeness (QED) is 0.0126. The molecule has 13 unspecified atom stereocenters. The van der Waals surface area contributed by atoms with Crippen molar-refractivity contribution in [3.63, 3.8) is 0 Å². The van der Waals surface area contributed by atoms with E-state index in [2.05, 4.69) is 47.9 Å². The maximum atomic E-state index is 14.4. The van der Waals surface area contributed by atoms with Gasteiger partial charge in [0.15, 0.2) is 5.96 Å². The number of aromatic hydroxyl groups is 1. The number of benzene rings is 1. The summed E-state index contributed by atoms with van der Waals surface area (Å²) in [6, 6.07) is -9.26. The zero-order valence-corrected chi connectivity index (χ0v) is 51.9. The van der Waals surface area contributed by atoms with Gasteiger partial charge in [0.05, 0.1) is 43.6 Å². The normalized spacial score (nSPS) is 19.9. The molecule has 36 nitrogen and oxygen atoms in total. The molecule has 514 valence electrons. The first-order valence-corrected chi connectivity index (χ1v) is 30.5. The molecule has 0 radical (unpaired) electrons. The number of hydrogen-bond donors (Lipinski definition) is 21. The zero-order valence-electron chi connectivity index (χ0n) is 51.0. The fraction of sp³-hybridized carbons (Fsp3) is 0.636. The van der Waals surface area contributed by atoms with Gasteiger partial charge in [0.25, 0.3) is 0 Å². The second-order valence-corrected chi connectivity index (χ2v) is 23.7. The van der Waals surface area contributed by atoms with Crippen LogP contribution in [-0.2, 0) is 68.7 Å². The van der Waals surface area contributed by atoms with Gasteiger partial charge in [-0.2, -0.15) is 0 Å². The number of carbonyl (C=O) groups excluding carboxylic acids is 11. The number of hydrogen-bond acceptors (Lipinski definition) is 23. The minimum absolute atomic E-state index is 0.00674. The number of unbranched alkanes of at least 4 members (excludes halogenated alkanes) is 1. The lowest BCUT2D eigenvalue weighted by Crippen LogP contribution is -2.62. The molecule has 1 aromatic rings. The molecular weight excluding hydrogens is 1240 g/mol. The number of primary amides is 1. The van der Waals surface area contributed by atoms with Crippen LogP contribution in [0.4, 0.5) is 0 Å². The van der Waals surface area contributed by atoms with Gasteiger partial charge in [0.2, 0.25) is 65.0 Å². The third-order valence-corrected chi connectivity index (χ3v) is 15.9. The number of thioether (sulfide) groups is 1. The first kappa shape index (κ1) is 77.9. The lowest BCUT2D eigenvalue weighted by molar-refractivity contribution is -0.145. The highest BCUT2D eigenvalue weighted by Gasteiger charge is 2.43. The Morgan fingerprint density at radius 3 is 1.77 bits per heavy atom. The van der Waals surface area contributed by atoms with E-state index in [0.717, 1.165) is 16.7 Å². The predicted octanol–water partition coefficient (Wildman–Crippen LogP) is -8.68. The van der Waals surface area contributed by atoms with Crippen LogP contribution in [0.1, 0.15) is 84.1 Å². The molecule has 92 heavy (non-hydrogen) atoms. The number of nitrogens with one attached hydrogen (secondary N) is 10. The van der Waals surface area contributed by atoms with E-state index in [-0.39, 0.29) is 75.5 Å². The summed E-state index contributed by atoms with van der Waals surface area (Å²) in [5.41, 5.74) is 16.4. The Kier molecular flexibility index (Phi) is 32.6. The second kappa shape index (κ2) is 38.5. The highest BCUT2D eigenvalue weighted by molar-refractivity contribution is 8.00. The van der Waals surface area contributed by atoms with Crippen LogP contribution >= 0.6 is 11.8 Å². The fourth-order valence-corrected chi connectivity index (χ4v) is 10.8. The summed E-state index contributed by atoms with van der Waals surface area (Å²) in [4.78, 5) is 175. The lowest BCUT2D eigenvalue weighted by Gasteiger charge is -2.43. The molecule has 13 atom stereocenters. The van der Waals surface area contributed by atoms with Gasteiger partial charge in [0, 0.05) is 44.6 Å².